The second-order valence-electron chi connectivity index (χ2n) is 5.98. The van der Waals surface area contributed by atoms with Crippen LogP contribution in [0.4, 0.5) is 0 Å². The van der Waals surface area contributed by atoms with Gasteiger partial charge in [-0.2, -0.15) is 0 Å². The summed E-state index contributed by atoms with van der Waals surface area (Å²) in [6.45, 7) is 6.20. The Morgan fingerprint density at radius 3 is 2.39 bits per heavy atom. The molecule has 1 N–H and O–H groups in total. The van der Waals surface area contributed by atoms with Crippen molar-refractivity contribution in [2.45, 2.75) is 39.7 Å². The minimum atomic E-state index is -0.00633. The Morgan fingerprint density at radius 2 is 1.78 bits per heavy atom. The quantitative estimate of drug-likeness (QED) is 0.871. The predicted molar refractivity (Wildman–Crippen MR) is 93.8 cm³/mol. The number of carbonyl (C=O) groups is 1. The smallest absolute Gasteiger partial charge is 0.220 e. The molecule has 0 aliphatic rings. The standard InChI is InChI=1S/C20H25NO2/c1-14-5-6-17(13-15(14)2)7-12-20(22)21-16(3)18-8-10-19(23-4)11-9-18/h5-6,8-11,13,16H,7,12H2,1-4H3,(H,21,22)/t16-/m1/s1. The molecule has 1 amide bonds. The molecule has 0 saturated carbocycles. The van der Waals surface area contributed by atoms with Crippen LogP contribution in [0.15, 0.2) is 42.5 Å². The van der Waals surface area contributed by atoms with Crippen LogP contribution in [-0.4, -0.2) is 13.0 Å². The molecule has 3 nitrogen and oxygen atoms in total. The number of hydrogen-bond acceptors (Lipinski definition) is 2. The van der Waals surface area contributed by atoms with E-state index in [-0.39, 0.29) is 11.9 Å². The van der Waals surface area contributed by atoms with Gasteiger partial charge in [-0.3, -0.25) is 4.79 Å². The first-order chi connectivity index (χ1) is 11.0. The van der Waals surface area contributed by atoms with Crippen molar-refractivity contribution in [2.75, 3.05) is 7.11 Å². The summed E-state index contributed by atoms with van der Waals surface area (Å²) in [6.07, 6.45) is 1.27. The summed E-state index contributed by atoms with van der Waals surface area (Å²) in [5.74, 6) is 0.897. The van der Waals surface area contributed by atoms with Crippen LogP contribution < -0.4 is 10.1 Å². The lowest BCUT2D eigenvalue weighted by atomic mass is 10.0. The molecule has 122 valence electrons. The fraction of sp³-hybridized carbons (Fsp3) is 0.350. The third-order valence-electron chi connectivity index (χ3n) is 4.21. The SMILES string of the molecule is COc1ccc([C@@H](C)NC(=O)CCc2ccc(C)c(C)c2)cc1. The zero-order chi connectivity index (χ0) is 16.8. The summed E-state index contributed by atoms with van der Waals surface area (Å²) >= 11 is 0. The van der Waals surface area contributed by atoms with E-state index >= 15 is 0 Å². The summed E-state index contributed by atoms with van der Waals surface area (Å²) in [7, 11) is 1.65. The van der Waals surface area contributed by atoms with E-state index in [9.17, 15) is 4.79 Å². The molecule has 0 radical (unpaired) electrons. The van der Waals surface area contributed by atoms with Crippen LogP contribution in [-0.2, 0) is 11.2 Å². The zero-order valence-corrected chi connectivity index (χ0v) is 14.3. The Bertz CT molecular complexity index is 662. The molecule has 0 aromatic heterocycles. The molecule has 2 aromatic carbocycles. The molecule has 0 aliphatic heterocycles. The Morgan fingerprint density at radius 1 is 1.09 bits per heavy atom. The molecule has 0 unspecified atom stereocenters. The van der Waals surface area contributed by atoms with E-state index in [4.69, 9.17) is 4.74 Å². The van der Waals surface area contributed by atoms with Crippen LogP contribution in [0.5, 0.6) is 5.75 Å². The number of benzene rings is 2. The molecule has 0 aliphatic carbocycles. The molecule has 0 spiro atoms. The predicted octanol–water partition coefficient (Wildman–Crippen LogP) is 4.12. The third kappa shape index (κ3) is 4.85. The minimum absolute atomic E-state index is 0.00633. The second kappa shape index (κ2) is 7.82. The maximum Gasteiger partial charge on any atom is 0.220 e. The fourth-order valence-corrected chi connectivity index (χ4v) is 2.51. The molecule has 2 rings (SSSR count). The van der Waals surface area contributed by atoms with Crippen LogP contribution >= 0.6 is 0 Å². The van der Waals surface area contributed by atoms with Gasteiger partial charge in [-0.15, -0.1) is 0 Å². The zero-order valence-electron chi connectivity index (χ0n) is 14.3. The molecule has 23 heavy (non-hydrogen) atoms. The molecule has 2 aromatic rings. The van der Waals surface area contributed by atoms with Crippen molar-refractivity contribution >= 4 is 5.91 Å². The van der Waals surface area contributed by atoms with Crippen LogP contribution in [0.3, 0.4) is 0 Å². The highest BCUT2D eigenvalue weighted by atomic mass is 16.5. The Labute approximate surface area is 138 Å². The van der Waals surface area contributed by atoms with Gasteiger partial charge in [-0.05, 0) is 61.6 Å². The van der Waals surface area contributed by atoms with E-state index in [0.29, 0.717) is 6.42 Å². The van der Waals surface area contributed by atoms with Gasteiger partial charge in [-0.25, -0.2) is 0 Å². The van der Waals surface area contributed by atoms with Crippen molar-refractivity contribution in [3.63, 3.8) is 0 Å². The maximum atomic E-state index is 12.1. The van der Waals surface area contributed by atoms with E-state index in [2.05, 4.69) is 37.4 Å². The van der Waals surface area contributed by atoms with E-state index < -0.39 is 0 Å². The average Bonchev–Trinajstić information content (AvgIpc) is 2.56. The van der Waals surface area contributed by atoms with Crippen LogP contribution in [0.2, 0.25) is 0 Å². The summed E-state index contributed by atoms with van der Waals surface area (Å²) in [6, 6.07) is 14.1. The highest BCUT2D eigenvalue weighted by Gasteiger charge is 2.10. The molecular formula is C20H25NO2. The summed E-state index contributed by atoms with van der Waals surface area (Å²) in [5.41, 5.74) is 4.84. The van der Waals surface area contributed by atoms with Crippen molar-refractivity contribution in [3.8, 4) is 5.75 Å². The van der Waals surface area contributed by atoms with Gasteiger partial charge in [0.05, 0.1) is 13.2 Å². The number of hydrogen-bond donors (Lipinski definition) is 1. The summed E-state index contributed by atoms with van der Waals surface area (Å²) < 4.78 is 5.15. The van der Waals surface area contributed by atoms with E-state index in [0.717, 1.165) is 17.7 Å². The lowest BCUT2D eigenvalue weighted by Crippen LogP contribution is -2.26. The topological polar surface area (TPSA) is 38.3 Å². The van der Waals surface area contributed by atoms with E-state index in [1.54, 1.807) is 7.11 Å². The molecule has 1 atom stereocenters. The monoisotopic (exact) mass is 311 g/mol. The largest absolute Gasteiger partial charge is 0.497 e. The number of amides is 1. The summed E-state index contributed by atoms with van der Waals surface area (Å²) in [4.78, 5) is 12.1. The van der Waals surface area contributed by atoms with Gasteiger partial charge in [0.15, 0.2) is 0 Å². The second-order valence-corrected chi connectivity index (χ2v) is 5.98. The van der Waals surface area contributed by atoms with Crippen molar-refractivity contribution in [2.24, 2.45) is 0 Å². The van der Waals surface area contributed by atoms with Gasteiger partial charge in [-0.1, -0.05) is 30.3 Å². The van der Waals surface area contributed by atoms with Gasteiger partial charge in [0.1, 0.15) is 5.75 Å². The third-order valence-corrected chi connectivity index (χ3v) is 4.21. The molecule has 0 heterocycles. The average molecular weight is 311 g/mol. The number of aryl methyl sites for hydroxylation is 3. The lowest BCUT2D eigenvalue weighted by molar-refractivity contribution is -0.121. The molecule has 0 fully saturated rings. The summed E-state index contributed by atoms with van der Waals surface area (Å²) in [5, 5.41) is 3.05. The van der Waals surface area contributed by atoms with E-state index in [1.807, 2.05) is 31.2 Å². The minimum Gasteiger partial charge on any atom is -0.497 e. The fourth-order valence-electron chi connectivity index (χ4n) is 2.51. The van der Waals surface area contributed by atoms with E-state index in [1.165, 1.54) is 16.7 Å². The number of nitrogens with one attached hydrogen (secondary N) is 1. The first-order valence-electron chi connectivity index (χ1n) is 7.99. The van der Waals surface area contributed by atoms with Crippen molar-refractivity contribution < 1.29 is 9.53 Å². The molecule has 3 heteroatoms. The van der Waals surface area contributed by atoms with Crippen LogP contribution in [0.1, 0.15) is 41.6 Å². The van der Waals surface area contributed by atoms with Gasteiger partial charge < -0.3 is 10.1 Å². The number of carbonyl (C=O) groups excluding carboxylic acids is 1. The number of ether oxygens (including phenoxy) is 1. The molecule has 0 saturated heterocycles. The number of rotatable bonds is 6. The maximum absolute atomic E-state index is 12.1. The Kier molecular flexibility index (Phi) is 5.80. The first kappa shape index (κ1) is 17.1. The molecule has 0 bridgehead atoms. The van der Waals surface area contributed by atoms with Gasteiger partial charge in [0.2, 0.25) is 5.91 Å². The highest BCUT2D eigenvalue weighted by Crippen LogP contribution is 2.17. The Hall–Kier alpha value is -2.29. The highest BCUT2D eigenvalue weighted by molar-refractivity contribution is 5.76. The lowest BCUT2D eigenvalue weighted by Gasteiger charge is -2.15. The van der Waals surface area contributed by atoms with Crippen LogP contribution in [0, 0.1) is 13.8 Å². The Balaban J connectivity index is 1.86. The van der Waals surface area contributed by atoms with Gasteiger partial charge in [0, 0.05) is 6.42 Å². The van der Waals surface area contributed by atoms with Crippen LogP contribution in [0.25, 0.3) is 0 Å². The van der Waals surface area contributed by atoms with Crippen molar-refractivity contribution in [1.29, 1.82) is 0 Å². The van der Waals surface area contributed by atoms with Crippen molar-refractivity contribution in [3.05, 3.63) is 64.7 Å². The van der Waals surface area contributed by atoms with Gasteiger partial charge in [0.25, 0.3) is 0 Å². The molecular weight excluding hydrogens is 286 g/mol. The van der Waals surface area contributed by atoms with Gasteiger partial charge >= 0.3 is 0 Å². The van der Waals surface area contributed by atoms with Crippen molar-refractivity contribution in [1.82, 2.24) is 5.32 Å². The normalized spacial score (nSPS) is 11.8. The first-order valence-corrected chi connectivity index (χ1v) is 7.99. The number of methoxy groups -OCH3 is 1.